The van der Waals surface area contributed by atoms with E-state index in [1.807, 2.05) is 11.1 Å². The molecule has 0 heterocycles. The highest BCUT2D eigenvalue weighted by molar-refractivity contribution is 5.34. The van der Waals surface area contributed by atoms with E-state index >= 15 is 0 Å². The van der Waals surface area contributed by atoms with Gasteiger partial charge in [-0.2, -0.15) is 0 Å². The van der Waals surface area contributed by atoms with Gasteiger partial charge in [-0.3, -0.25) is 0 Å². The fourth-order valence-electron chi connectivity index (χ4n) is 5.29. The quantitative estimate of drug-likeness (QED) is 0.509. The molecule has 82 valence electrons. The summed E-state index contributed by atoms with van der Waals surface area (Å²) in [5.41, 5.74) is 4.76. The zero-order valence-corrected chi connectivity index (χ0v) is 9.73. The van der Waals surface area contributed by atoms with Gasteiger partial charge >= 0.3 is 0 Å². The molecular weight excluding hydrogens is 180 g/mol. The van der Waals surface area contributed by atoms with Gasteiger partial charge in [0, 0.05) is 0 Å². The van der Waals surface area contributed by atoms with Crippen molar-refractivity contribution in [2.24, 2.45) is 17.3 Å². The van der Waals surface area contributed by atoms with Crippen molar-refractivity contribution in [1.29, 1.82) is 0 Å². The highest BCUT2D eigenvalue weighted by Crippen LogP contribution is 2.64. The molecule has 3 atom stereocenters. The first-order valence-corrected chi connectivity index (χ1v) is 7.10. The Kier molecular flexibility index (Phi) is 1.71. The predicted octanol–water partition coefficient (Wildman–Crippen LogP) is 4.46. The van der Waals surface area contributed by atoms with Gasteiger partial charge in [0.2, 0.25) is 0 Å². The highest BCUT2D eigenvalue weighted by atomic mass is 14.6. The van der Waals surface area contributed by atoms with Gasteiger partial charge in [-0.05, 0) is 75.0 Å². The molecule has 0 N–H and O–H groups in total. The van der Waals surface area contributed by atoms with E-state index in [-0.39, 0.29) is 0 Å². The van der Waals surface area contributed by atoms with Crippen molar-refractivity contribution in [3.8, 4) is 0 Å². The lowest BCUT2D eigenvalue weighted by Crippen LogP contribution is -2.28. The molecule has 1 spiro atoms. The van der Waals surface area contributed by atoms with Crippen molar-refractivity contribution in [3.63, 3.8) is 0 Å². The standard InChI is InChI=1S/C15H22/c1-2-4-13-12(3-1)6-8-15-7-5-11(10-15)9-14(13)15/h11-12H,1-10H2. The van der Waals surface area contributed by atoms with Gasteiger partial charge in [0.25, 0.3) is 0 Å². The highest BCUT2D eigenvalue weighted by Gasteiger charge is 2.51. The van der Waals surface area contributed by atoms with Gasteiger partial charge in [-0.1, -0.05) is 17.6 Å². The van der Waals surface area contributed by atoms with Gasteiger partial charge < -0.3 is 0 Å². The molecule has 4 aliphatic carbocycles. The minimum Gasteiger partial charge on any atom is -0.0673 e. The molecule has 0 aliphatic heterocycles. The van der Waals surface area contributed by atoms with Crippen molar-refractivity contribution < 1.29 is 0 Å². The molecule has 0 heteroatoms. The number of hydrogen-bond donors (Lipinski definition) is 0. The van der Waals surface area contributed by atoms with E-state index in [2.05, 4.69) is 0 Å². The molecule has 3 saturated carbocycles. The molecule has 0 saturated heterocycles. The van der Waals surface area contributed by atoms with Gasteiger partial charge in [-0.25, -0.2) is 0 Å². The Balaban J connectivity index is 1.80. The van der Waals surface area contributed by atoms with Crippen LogP contribution in [0.4, 0.5) is 0 Å². The first-order chi connectivity index (χ1) is 7.37. The Labute approximate surface area is 93.1 Å². The molecule has 2 bridgehead atoms. The van der Waals surface area contributed by atoms with E-state index in [1.54, 1.807) is 32.1 Å². The van der Waals surface area contributed by atoms with Crippen LogP contribution in [0.5, 0.6) is 0 Å². The van der Waals surface area contributed by atoms with Crippen molar-refractivity contribution >= 4 is 0 Å². The smallest absolute Gasteiger partial charge is 0.00821 e. The number of fused-ring (bicyclic) bond motifs is 2. The van der Waals surface area contributed by atoms with E-state index in [4.69, 9.17) is 0 Å². The lowest BCUT2D eigenvalue weighted by molar-refractivity contribution is 0.258. The van der Waals surface area contributed by atoms with Crippen molar-refractivity contribution in [3.05, 3.63) is 11.1 Å². The van der Waals surface area contributed by atoms with Crippen LogP contribution < -0.4 is 0 Å². The number of rotatable bonds is 0. The van der Waals surface area contributed by atoms with Crippen molar-refractivity contribution in [1.82, 2.24) is 0 Å². The van der Waals surface area contributed by atoms with E-state index in [0.717, 1.165) is 17.3 Å². The molecule has 0 aromatic heterocycles. The van der Waals surface area contributed by atoms with Crippen molar-refractivity contribution in [2.45, 2.75) is 64.2 Å². The van der Waals surface area contributed by atoms with E-state index in [9.17, 15) is 0 Å². The van der Waals surface area contributed by atoms with E-state index in [1.165, 1.54) is 32.1 Å². The predicted molar refractivity (Wildman–Crippen MR) is 62.6 cm³/mol. The van der Waals surface area contributed by atoms with Gasteiger partial charge in [0.15, 0.2) is 0 Å². The Bertz CT molecular complexity index is 325. The summed E-state index contributed by atoms with van der Waals surface area (Å²) in [7, 11) is 0. The second-order valence-corrected chi connectivity index (χ2v) is 6.58. The van der Waals surface area contributed by atoms with Crippen LogP contribution in [0, 0.1) is 17.3 Å². The topological polar surface area (TPSA) is 0 Å². The fourth-order valence-corrected chi connectivity index (χ4v) is 5.29. The van der Waals surface area contributed by atoms with Crippen LogP contribution in [0.1, 0.15) is 64.2 Å². The third-order valence-corrected chi connectivity index (χ3v) is 5.94. The maximum Gasteiger partial charge on any atom is -0.00821 e. The maximum absolute atomic E-state index is 2.01. The summed E-state index contributed by atoms with van der Waals surface area (Å²) in [5.74, 6) is 2.15. The normalized spacial score (nSPS) is 48.0. The monoisotopic (exact) mass is 202 g/mol. The first-order valence-electron chi connectivity index (χ1n) is 7.10. The summed E-state index contributed by atoms with van der Waals surface area (Å²) >= 11 is 0. The molecule has 0 aromatic carbocycles. The molecular formula is C15H22. The first kappa shape index (κ1) is 8.84. The summed E-state index contributed by atoms with van der Waals surface area (Å²) in [6.07, 6.45) is 15.3. The molecule has 0 aromatic rings. The average Bonchev–Trinajstić information content (AvgIpc) is 2.85. The summed E-state index contributed by atoms with van der Waals surface area (Å²) < 4.78 is 0. The second-order valence-electron chi connectivity index (χ2n) is 6.58. The Hall–Kier alpha value is -0.260. The Morgan fingerprint density at radius 2 is 1.93 bits per heavy atom. The van der Waals surface area contributed by atoms with E-state index in [0.29, 0.717) is 0 Å². The third kappa shape index (κ3) is 1.09. The lowest BCUT2D eigenvalue weighted by atomic mass is 9.63. The SMILES string of the molecule is C1CCC2CCC34CCC(CC3=C2C1)C4. The summed E-state index contributed by atoms with van der Waals surface area (Å²) in [6, 6.07) is 0. The molecule has 0 amide bonds. The molecule has 4 rings (SSSR count). The van der Waals surface area contributed by atoms with E-state index < -0.39 is 0 Å². The summed E-state index contributed by atoms with van der Waals surface area (Å²) in [4.78, 5) is 0. The second kappa shape index (κ2) is 2.90. The molecule has 0 nitrogen and oxygen atoms in total. The number of hydrogen-bond acceptors (Lipinski definition) is 0. The zero-order valence-electron chi connectivity index (χ0n) is 9.73. The van der Waals surface area contributed by atoms with Crippen molar-refractivity contribution in [2.75, 3.05) is 0 Å². The molecule has 3 unspecified atom stereocenters. The summed E-state index contributed by atoms with van der Waals surface area (Å²) in [5, 5.41) is 0. The summed E-state index contributed by atoms with van der Waals surface area (Å²) in [6.45, 7) is 0. The molecule has 4 aliphatic rings. The van der Waals surface area contributed by atoms with Crippen LogP contribution in [0.15, 0.2) is 11.1 Å². The van der Waals surface area contributed by atoms with Crippen LogP contribution in [-0.4, -0.2) is 0 Å². The molecule has 0 radical (unpaired) electrons. The van der Waals surface area contributed by atoms with Crippen LogP contribution in [0.3, 0.4) is 0 Å². The Morgan fingerprint density at radius 3 is 2.87 bits per heavy atom. The largest absolute Gasteiger partial charge is 0.0673 e. The van der Waals surface area contributed by atoms with Gasteiger partial charge in [0.05, 0.1) is 0 Å². The molecule has 3 fully saturated rings. The fraction of sp³-hybridized carbons (Fsp3) is 0.867. The number of allylic oxidation sites excluding steroid dienone is 2. The molecule has 15 heavy (non-hydrogen) atoms. The van der Waals surface area contributed by atoms with Crippen LogP contribution in [0.25, 0.3) is 0 Å². The van der Waals surface area contributed by atoms with Gasteiger partial charge in [0.1, 0.15) is 0 Å². The third-order valence-electron chi connectivity index (χ3n) is 5.94. The zero-order chi connectivity index (χ0) is 9.88. The minimum absolute atomic E-state index is 0.772. The maximum atomic E-state index is 2.01. The Morgan fingerprint density at radius 1 is 1.00 bits per heavy atom. The lowest BCUT2D eigenvalue weighted by Gasteiger charge is -2.42. The van der Waals surface area contributed by atoms with Gasteiger partial charge in [-0.15, -0.1) is 0 Å². The average molecular weight is 202 g/mol. The van der Waals surface area contributed by atoms with Crippen LogP contribution in [0.2, 0.25) is 0 Å². The minimum atomic E-state index is 0.772. The van der Waals surface area contributed by atoms with Crippen LogP contribution in [-0.2, 0) is 0 Å². The van der Waals surface area contributed by atoms with Crippen LogP contribution >= 0.6 is 0 Å².